The SMILES string of the molecule is C=C(C(=O)OC(C)(C)C)C(OC(C)=O)c1ccc([N+](=O)[O-])cc1. The van der Waals surface area contributed by atoms with E-state index in [0.29, 0.717) is 5.56 Å². The van der Waals surface area contributed by atoms with Gasteiger partial charge in [0.25, 0.3) is 5.69 Å². The van der Waals surface area contributed by atoms with Crippen molar-refractivity contribution in [3.8, 4) is 0 Å². The van der Waals surface area contributed by atoms with E-state index < -0.39 is 28.6 Å². The van der Waals surface area contributed by atoms with Crippen molar-refractivity contribution in [1.82, 2.24) is 0 Å². The summed E-state index contributed by atoms with van der Waals surface area (Å²) in [6.45, 7) is 9.93. The van der Waals surface area contributed by atoms with Gasteiger partial charge in [-0.2, -0.15) is 0 Å². The summed E-state index contributed by atoms with van der Waals surface area (Å²) in [5, 5.41) is 10.7. The van der Waals surface area contributed by atoms with E-state index in [1.807, 2.05) is 0 Å². The number of non-ortho nitro benzene ring substituents is 1. The van der Waals surface area contributed by atoms with E-state index in [1.165, 1.54) is 31.2 Å². The second kappa shape index (κ2) is 7.04. The zero-order valence-electron chi connectivity index (χ0n) is 13.5. The zero-order valence-corrected chi connectivity index (χ0v) is 13.5. The average molecular weight is 321 g/mol. The van der Waals surface area contributed by atoms with E-state index in [-0.39, 0.29) is 11.3 Å². The van der Waals surface area contributed by atoms with E-state index in [2.05, 4.69) is 6.58 Å². The monoisotopic (exact) mass is 321 g/mol. The molecule has 124 valence electrons. The summed E-state index contributed by atoms with van der Waals surface area (Å²) in [7, 11) is 0. The summed E-state index contributed by atoms with van der Waals surface area (Å²) in [6.07, 6.45) is -1.07. The molecule has 0 N–H and O–H groups in total. The lowest BCUT2D eigenvalue weighted by atomic mass is 10.0. The summed E-state index contributed by atoms with van der Waals surface area (Å²) in [6, 6.07) is 5.32. The van der Waals surface area contributed by atoms with Crippen LogP contribution in [-0.4, -0.2) is 22.5 Å². The van der Waals surface area contributed by atoms with E-state index in [0.717, 1.165) is 0 Å². The molecule has 0 spiro atoms. The lowest BCUT2D eigenvalue weighted by molar-refractivity contribution is -0.384. The fourth-order valence-electron chi connectivity index (χ4n) is 1.73. The third-order valence-corrected chi connectivity index (χ3v) is 2.67. The number of carbonyl (C=O) groups excluding carboxylic acids is 2. The topological polar surface area (TPSA) is 95.7 Å². The lowest BCUT2D eigenvalue weighted by Gasteiger charge is -2.24. The van der Waals surface area contributed by atoms with Crippen LogP contribution in [0.4, 0.5) is 5.69 Å². The standard InChI is InChI=1S/C16H19NO6/c1-10(15(19)23-16(3,4)5)14(22-11(2)18)12-6-8-13(9-7-12)17(20)21/h6-9,14H,1H2,2-5H3. The molecule has 1 atom stereocenters. The Morgan fingerprint density at radius 3 is 2.13 bits per heavy atom. The number of hydrogen-bond acceptors (Lipinski definition) is 6. The van der Waals surface area contributed by atoms with Crippen molar-refractivity contribution in [3.63, 3.8) is 0 Å². The summed E-state index contributed by atoms with van der Waals surface area (Å²) >= 11 is 0. The first-order valence-corrected chi connectivity index (χ1v) is 6.85. The van der Waals surface area contributed by atoms with Crippen molar-refractivity contribution >= 4 is 17.6 Å². The minimum absolute atomic E-state index is 0.0658. The van der Waals surface area contributed by atoms with Gasteiger partial charge in [0.15, 0.2) is 6.10 Å². The van der Waals surface area contributed by atoms with Gasteiger partial charge in [0.1, 0.15) is 5.60 Å². The molecule has 0 aliphatic carbocycles. The Hall–Kier alpha value is -2.70. The molecule has 7 heteroatoms. The van der Waals surface area contributed by atoms with Crippen LogP contribution >= 0.6 is 0 Å². The van der Waals surface area contributed by atoms with Gasteiger partial charge in [-0.25, -0.2) is 4.79 Å². The van der Waals surface area contributed by atoms with Gasteiger partial charge in [-0.3, -0.25) is 14.9 Å². The highest BCUT2D eigenvalue weighted by Crippen LogP contribution is 2.28. The number of hydrogen-bond donors (Lipinski definition) is 0. The Balaban J connectivity index is 3.08. The second-order valence-electron chi connectivity index (χ2n) is 5.87. The van der Waals surface area contributed by atoms with Crippen LogP contribution in [0.5, 0.6) is 0 Å². The van der Waals surface area contributed by atoms with Crippen LogP contribution in [0.15, 0.2) is 36.4 Å². The number of nitro benzene ring substituents is 1. The molecular weight excluding hydrogens is 302 g/mol. The molecule has 7 nitrogen and oxygen atoms in total. The highest BCUT2D eigenvalue weighted by Gasteiger charge is 2.28. The molecule has 0 saturated carbocycles. The molecule has 0 aliphatic heterocycles. The van der Waals surface area contributed by atoms with Gasteiger partial charge in [0.2, 0.25) is 0 Å². The first kappa shape index (κ1) is 18.3. The number of nitrogens with zero attached hydrogens (tertiary/aromatic N) is 1. The number of rotatable bonds is 5. The van der Waals surface area contributed by atoms with Gasteiger partial charge in [-0.1, -0.05) is 6.58 Å². The maximum Gasteiger partial charge on any atom is 0.338 e. The minimum atomic E-state index is -1.07. The van der Waals surface area contributed by atoms with E-state index >= 15 is 0 Å². The fourth-order valence-corrected chi connectivity index (χ4v) is 1.73. The molecule has 1 aromatic rings. The van der Waals surface area contributed by atoms with Gasteiger partial charge in [-0.05, 0) is 38.5 Å². The third kappa shape index (κ3) is 5.54. The number of esters is 2. The van der Waals surface area contributed by atoms with Crippen molar-refractivity contribution in [1.29, 1.82) is 0 Å². The maximum atomic E-state index is 12.1. The van der Waals surface area contributed by atoms with Crippen LogP contribution in [0.3, 0.4) is 0 Å². The molecule has 0 heterocycles. The highest BCUT2D eigenvalue weighted by atomic mass is 16.6. The molecular formula is C16H19NO6. The molecule has 0 radical (unpaired) electrons. The first-order valence-electron chi connectivity index (χ1n) is 6.85. The smallest absolute Gasteiger partial charge is 0.338 e. The Kier molecular flexibility index (Phi) is 5.62. The van der Waals surface area contributed by atoms with E-state index in [1.54, 1.807) is 20.8 Å². The van der Waals surface area contributed by atoms with E-state index in [9.17, 15) is 19.7 Å². The maximum absolute atomic E-state index is 12.1. The van der Waals surface area contributed by atoms with Gasteiger partial charge in [0, 0.05) is 19.1 Å². The van der Waals surface area contributed by atoms with Crippen LogP contribution < -0.4 is 0 Å². The van der Waals surface area contributed by atoms with Gasteiger partial charge in [0.05, 0.1) is 10.5 Å². The largest absolute Gasteiger partial charge is 0.457 e. The molecule has 23 heavy (non-hydrogen) atoms. The molecule has 1 unspecified atom stereocenters. The Bertz CT molecular complexity index is 627. The fraction of sp³-hybridized carbons (Fsp3) is 0.375. The Morgan fingerprint density at radius 1 is 1.22 bits per heavy atom. The Labute approximate surface area is 134 Å². The quantitative estimate of drug-likeness (QED) is 0.358. The minimum Gasteiger partial charge on any atom is -0.457 e. The first-order chi connectivity index (χ1) is 10.5. The highest BCUT2D eigenvalue weighted by molar-refractivity contribution is 5.90. The van der Waals surface area contributed by atoms with Crippen molar-refractivity contribution < 1.29 is 24.0 Å². The van der Waals surface area contributed by atoms with Crippen LogP contribution in [0.2, 0.25) is 0 Å². The molecule has 1 aromatic carbocycles. The summed E-state index contributed by atoms with van der Waals surface area (Å²) in [5.74, 6) is -1.32. The van der Waals surface area contributed by atoms with E-state index in [4.69, 9.17) is 9.47 Å². The van der Waals surface area contributed by atoms with Crippen LogP contribution in [-0.2, 0) is 19.1 Å². The molecule has 0 aromatic heterocycles. The summed E-state index contributed by atoms with van der Waals surface area (Å²) in [5.41, 5.74) is -0.514. The van der Waals surface area contributed by atoms with Crippen LogP contribution in [0.1, 0.15) is 39.4 Å². The molecule has 0 saturated heterocycles. The average Bonchev–Trinajstić information content (AvgIpc) is 2.42. The lowest BCUT2D eigenvalue weighted by Crippen LogP contribution is -2.27. The molecule has 0 bridgehead atoms. The third-order valence-electron chi connectivity index (χ3n) is 2.67. The second-order valence-corrected chi connectivity index (χ2v) is 5.87. The number of carbonyl (C=O) groups is 2. The van der Waals surface area contributed by atoms with Crippen molar-refractivity contribution in [2.75, 3.05) is 0 Å². The van der Waals surface area contributed by atoms with Gasteiger partial charge >= 0.3 is 11.9 Å². The zero-order chi connectivity index (χ0) is 17.8. The normalized spacial score (nSPS) is 12.2. The van der Waals surface area contributed by atoms with Crippen molar-refractivity contribution in [2.45, 2.75) is 39.4 Å². The van der Waals surface area contributed by atoms with Crippen molar-refractivity contribution in [2.24, 2.45) is 0 Å². The molecule has 0 aliphatic rings. The van der Waals surface area contributed by atoms with Crippen LogP contribution in [0, 0.1) is 10.1 Å². The predicted octanol–water partition coefficient (Wildman–Crippen LogP) is 3.10. The van der Waals surface area contributed by atoms with Gasteiger partial charge in [-0.15, -0.1) is 0 Å². The molecule has 1 rings (SSSR count). The summed E-state index contributed by atoms with van der Waals surface area (Å²) < 4.78 is 10.3. The predicted molar refractivity (Wildman–Crippen MR) is 82.6 cm³/mol. The van der Waals surface area contributed by atoms with Gasteiger partial charge < -0.3 is 9.47 Å². The van der Waals surface area contributed by atoms with Crippen LogP contribution in [0.25, 0.3) is 0 Å². The molecule has 0 amide bonds. The number of nitro groups is 1. The van der Waals surface area contributed by atoms with Crippen molar-refractivity contribution in [3.05, 3.63) is 52.1 Å². The Morgan fingerprint density at radius 2 is 1.74 bits per heavy atom. The number of ether oxygens (including phenoxy) is 2. The number of benzene rings is 1. The molecule has 0 fully saturated rings. The summed E-state index contributed by atoms with van der Waals surface area (Å²) in [4.78, 5) is 33.5.